The van der Waals surface area contributed by atoms with E-state index in [9.17, 15) is 27.6 Å². The summed E-state index contributed by atoms with van der Waals surface area (Å²) in [5.41, 5.74) is 0. The number of rotatable bonds is 4. The van der Waals surface area contributed by atoms with Crippen LogP contribution in [0.4, 0.5) is 18.0 Å². The SMILES string of the molecule is O=C(O)CCC(=O)NC(=O)NCC(F)(F)F. The van der Waals surface area contributed by atoms with E-state index in [1.807, 2.05) is 0 Å². The first-order valence-electron chi connectivity index (χ1n) is 4.07. The Morgan fingerprint density at radius 2 is 1.69 bits per heavy atom. The molecule has 0 heterocycles. The number of amides is 3. The van der Waals surface area contributed by atoms with E-state index in [2.05, 4.69) is 0 Å². The smallest absolute Gasteiger partial charge is 0.405 e. The standard InChI is InChI=1S/C7H9F3N2O4/c8-7(9,10)3-11-6(16)12-4(13)1-2-5(14)15/h1-3H2,(H,14,15)(H2,11,12,13,16). The van der Waals surface area contributed by atoms with Crippen LogP contribution in [0.15, 0.2) is 0 Å². The van der Waals surface area contributed by atoms with E-state index >= 15 is 0 Å². The molecule has 0 aliphatic carbocycles. The first kappa shape index (κ1) is 14.2. The van der Waals surface area contributed by atoms with Gasteiger partial charge in [0.15, 0.2) is 0 Å². The summed E-state index contributed by atoms with van der Waals surface area (Å²) < 4.78 is 34.8. The highest BCUT2D eigenvalue weighted by Crippen LogP contribution is 2.11. The molecule has 16 heavy (non-hydrogen) atoms. The monoisotopic (exact) mass is 242 g/mol. The molecule has 9 heteroatoms. The molecule has 0 aliphatic heterocycles. The molecule has 0 rings (SSSR count). The zero-order valence-electron chi connectivity index (χ0n) is 7.93. The lowest BCUT2D eigenvalue weighted by molar-refractivity contribution is -0.138. The predicted molar refractivity (Wildman–Crippen MR) is 44.5 cm³/mol. The fourth-order valence-electron chi connectivity index (χ4n) is 0.634. The van der Waals surface area contributed by atoms with Crippen molar-refractivity contribution in [3.8, 4) is 0 Å². The van der Waals surface area contributed by atoms with Crippen LogP contribution in [0.5, 0.6) is 0 Å². The molecule has 0 aromatic heterocycles. The van der Waals surface area contributed by atoms with Crippen LogP contribution < -0.4 is 10.6 Å². The van der Waals surface area contributed by atoms with Crippen molar-refractivity contribution < 1.29 is 32.7 Å². The molecule has 0 fully saturated rings. The molecule has 0 bridgehead atoms. The Hall–Kier alpha value is -1.80. The second-order valence-corrected chi connectivity index (χ2v) is 2.74. The van der Waals surface area contributed by atoms with Crippen molar-refractivity contribution in [3.63, 3.8) is 0 Å². The maximum absolute atomic E-state index is 11.6. The third kappa shape index (κ3) is 8.78. The number of halogens is 3. The summed E-state index contributed by atoms with van der Waals surface area (Å²) >= 11 is 0. The van der Waals surface area contributed by atoms with Crippen molar-refractivity contribution in [1.29, 1.82) is 0 Å². The molecule has 0 aliphatic rings. The van der Waals surface area contributed by atoms with Gasteiger partial charge in [-0.25, -0.2) is 4.79 Å². The van der Waals surface area contributed by atoms with Crippen LogP contribution >= 0.6 is 0 Å². The van der Waals surface area contributed by atoms with Crippen molar-refractivity contribution in [1.82, 2.24) is 10.6 Å². The maximum atomic E-state index is 11.6. The molecule has 6 nitrogen and oxygen atoms in total. The average molecular weight is 242 g/mol. The number of carboxylic acid groups (broad SMARTS) is 1. The van der Waals surface area contributed by atoms with Gasteiger partial charge in [-0.2, -0.15) is 13.2 Å². The molecular formula is C7H9F3N2O4. The van der Waals surface area contributed by atoms with Crippen molar-refractivity contribution in [2.45, 2.75) is 19.0 Å². The Morgan fingerprint density at radius 1 is 1.12 bits per heavy atom. The second kappa shape index (κ2) is 5.93. The molecule has 0 spiro atoms. The molecule has 3 N–H and O–H groups in total. The Balaban J connectivity index is 3.79. The van der Waals surface area contributed by atoms with Crippen LogP contribution in [-0.4, -0.2) is 35.7 Å². The molecule has 0 saturated carbocycles. The molecule has 0 saturated heterocycles. The topological polar surface area (TPSA) is 95.5 Å². The van der Waals surface area contributed by atoms with E-state index in [1.165, 1.54) is 5.32 Å². The number of carbonyl (C=O) groups is 3. The number of urea groups is 1. The van der Waals surface area contributed by atoms with Crippen LogP contribution in [0.25, 0.3) is 0 Å². The molecule has 0 aromatic rings. The minimum atomic E-state index is -4.57. The van der Waals surface area contributed by atoms with Gasteiger partial charge < -0.3 is 10.4 Å². The Kier molecular flexibility index (Phi) is 5.26. The molecule has 3 amide bonds. The number of aliphatic carboxylic acids is 1. The number of alkyl halides is 3. The van der Waals surface area contributed by atoms with Gasteiger partial charge in [-0.15, -0.1) is 0 Å². The zero-order valence-corrected chi connectivity index (χ0v) is 7.93. The van der Waals surface area contributed by atoms with Crippen LogP contribution in [0.1, 0.15) is 12.8 Å². The summed E-state index contributed by atoms with van der Waals surface area (Å²) in [6.45, 7) is -1.56. The second-order valence-electron chi connectivity index (χ2n) is 2.74. The summed E-state index contributed by atoms with van der Waals surface area (Å²) in [7, 11) is 0. The van der Waals surface area contributed by atoms with Crippen LogP contribution in [-0.2, 0) is 9.59 Å². The summed E-state index contributed by atoms with van der Waals surface area (Å²) in [6.07, 6.45) is -5.55. The van der Waals surface area contributed by atoms with E-state index in [0.717, 1.165) is 0 Å². The molecule has 0 aromatic carbocycles. The Morgan fingerprint density at radius 3 is 2.12 bits per heavy atom. The fraction of sp³-hybridized carbons (Fsp3) is 0.571. The number of nitrogens with one attached hydrogen (secondary N) is 2. The lowest BCUT2D eigenvalue weighted by Gasteiger charge is -2.08. The summed E-state index contributed by atoms with van der Waals surface area (Å²) in [5, 5.41) is 11.1. The summed E-state index contributed by atoms with van der Waals surface area (Å²) in [4.78, 5) is 31.4. The highest BCUT2D eigenvalue weighted by Gasteiger charge is 2.27. The number of carboxylic acids is 1. The number of carbonyl (C=O) groups excluding carboxylic acids is 2. The third-order valence-corrected chi connectivity index (χ3v) is 1.27. The van der Waals surface area contributed by atoms with Gasteiger partial charge in [-0.05, 0) is 0 Å². The molecular weight excluding hydrogens is 233 g/mol. The van der Waals surface area contributed by atoms with Crippen LogP contribution in [0.3, 0.4) is 0 Å². The lowest BCUT2D eigenvalue weighted by Crippen LogP contribution is -2.43. The first-order valence-corrected chi connectivity index (χ1v) is 4.07. The van der Waals surface area contributed by atoms with Gasteiger partial charge in [0.05, 0.1) is 6.42 Å². The quantitative estimate of drug-likeness (QED) is 0.658. The average Bonchev–Trinajstić information content (AvgIpc) is 2.10. The minimum absolute atomic E-state index is 0.477. The molecule has 0 radical (unpaired) electrons. The van der Waals surface area contributed by atoms with Crippen molar-refractivity contribution in [3.05, 3.63) is 0 Å². The van der Waals surface area contributed by atoms with E-state index in [4.69, 9.17) is 5.11 Å². The van der Waals surface area contributed by atoms with Gasteiger partial charge in [0.1, 0.15) is 6.54 Å². The number of hydrogen-bond acceptors (Lipinski definition) is 3. The molecule has 92 valence electrons. The Bertz CT molecular complexity index is 290. The van der Waals surface area contributed by atoms with E-state index < -0.39 is 43.5 Å². The van der Waals surface area contributed by atoms with Gasteiger partial charge in [0.25, 0.3) is 0 Å². The largest absolute Gasteiger partial charge is 0.481 e. The number of imide groups is 1. The van der Waals surface area contributed by atoms with Crippen molar-refractivity contribution in [2.75, 3.05) is 6.54 Å². The number of hydrogen-bond donors (Lipinski definition) is 3. The van der Waals surface area contributed by atoms with E-state index in [0.29, 0.717) is 0 Å². The summed E-state index contributed by atoms with van der Waals surface area (Å²) in [5.74, 6) is -2.20. The van der Waals surface area contributed by atoms with Gasteiger partial charge in [-0.3, -0.25) is 14.9 Å². The Labute approximate surface area is 87.8 Å². The van der Waals surface area contributed by atoms with Crippen LogP contribution in [0.2, 0.25) is 0 Å². The predicted octanol–water partition coefficient (Wildman–Crippen LogP) is 0.239. The maximum Gasteiger partial charge on any atom is 0.405 e. The normalized spacial score (nSPS) is 10.7. The van der Waals surface area contributed by atoms with Gasteiger partial charge in [0, 0.05) is 6.42 Å². The van der Waals surface area contributed by atoms with E-state index in [-0.39, 0.29) is 0 Å². The molecule has 0 unspecified atom stereocenters. The van der Waals surface area contributed by atoms with E-state index in [1.54, 1.807) is 5.32 Å². The first-order chi connectivity index (χ1) is 7.20. The molecule has 0 atom stereocenters. The van der Waals surface area contributed by atoms with Crippen molar-refractivity contribution >= 4 is 17.9 Å². The fourth-order valence-corrected chi connectivity index (χ4v) is 0.634. The third-order valence-electron chi connectivity index (χ3n) is 1.27. The zero-order chi connectivity index (χ0) is 12.8. The highest BCUT2D eigenvalue weighted by atomic mass is 19.4. The summed E-state index contributed by atoms with van der Waals surface area (Å²) in [6, 6.07) is -1.31. The van der Waals surface area contributed by atoms with Gasteiger partial charge in [-0.1, -0.05) is 0 Å². The van der Waals surface area contributed by atoms with Gasteiger partial charge >= 0.3 is 18.2 Å². The van der Waals surface area contributed by atoms with Crippen molar-refractivity contribution in [2.24, 2.45) is 0 Å². The highest BCUT2D eigenvalue weighted by molar-refractivity contribution is 5.95. The minimum Gasteiger partial charge on any atom is -0.481 e. The van der Waals surface area contributed by atoms with Gasteiger partial charge in [0.2, 0.25) is 5.91 Å². The van der Waals surface area contributed by atoms with Crippen LogP contribution in [0, 0.1) is 0 Å². The lowest BCUT2D eigenvalue weighted by atomic mass is 10.3.